The van der Waals surface area contributed by atoms with Crippen LogP contribution in [0.2, 0.25) is 0 Å². The van der Waals surface area contributed by atoms with E-state index < -0.39 is 0 Å². The van der Waals surface area contributed by atoms with Gasteiger partial charge in [0, 0.05) is 5.69 Å². The zero-order chi connectivity index (χ0) is 17.9. The van der Waals surface area contributed by atoms with Crippen molar-refractivity contribution in [2.45, 2.75) is 70.6 Å². The molecule has 3 nitrogen and oxygen atoms in total. The van der Waals surface area contributed by atoms with Crippen molar-refractivity contribution in [3.05, 3.63) is 42.5 Å². The van der Waals surface area contributed by atoms with Gasteiger partial charge < -0.3 is 4.74 Å². The van der Waals surface area contributed by atoms with Crippen molar-refractivity contribution in [1.82, 2.24) is 0 Å². The first-order chi connectivity index (χ1) is 12.2. The van der Waals surface area contributed by atoms with Gasteiger partial charge in [0.25, 0.3) is 0 Å². The molecule has 0 heterocycles. The van der Waals surface area contributed by atoms with Gasteiger partial charge in [-0.1, -0.05) is 38.0 Å². The molecule has 3 heteroatoms. The first-order valence-corrected chi connectivity index (χ1v) is 9.87. The first-order valence-electron chi connectivity index (χ1n) is 9.87. The number of anilines is 1. The number of carbonyl (C=O) groups is 1. The molecule has 0 radical (unpaired) electrons. The zero-order valence-corrected chi connectivity index (χ0v) is 15.6. The van der Waals surface area contributed by atoms with Crippen molar-refractivity contribution in [3.8, 4) is 0 Å². The van der Waals surface area contributed by atoms with Crippen LogP contribution in [0.1, 0.15) is 76.2 Å². The summed E-state index contributed by atoms with van der Waals surface area (Å²) in [6.45, 7) is 6.24. The fourth-order valence-corrected chi connectivity index (χ4v) is 3.69. The van der Waals surface area contributed by atoms with E-state index in [0.717, 1.165) is 24.4 Å². The van der Waals surface area contributed by atoms with E-state index >= 15 is 0 Å². The monoisotopic (exact) mass is 343 g/mol. The number of rotatable bonds is 9. The molecule has 25 heavy (non-hydrogen) atoms. The lowest BCUT2D eigenvalue weighted by Crippen LogP contribution is -2.15. The summed E-state index contributed by atoms with van der Waals surface area (Å²) in [6, 6.07) is 8.29. The summed E-state index contributed by atoms with van der Waals surface area (Å²) in [4.78, 5) is 11.6. The Bertz CT molecular complexity index is 515. The highest BCUT2D eigenvalue weighted by Crippen LogP contribution is 2.38. The van der Waals surface area contributed by atoms with Crippen molar-refractivity contribution < 1.29 is 9.53 Å². The number of allylic oxidation sites excluding steroid dienone is 1. The van der Waals surface area contributed by atoms with Crippen molar-refractivity contribution >= 4 is 11.8 Å². The number of hydrogen-bond acceptors (Lipinski definition) is 2. The maximum Gasteiger partial charge on any atom is 0.411 e. The van der Waals surface area contributed by atoms with Crippen molar-refractivity contribution in [3.63, 3.8) is 0 Å². The molecule has 0 aliphatic heterocycles. The Labute approximate surface area is 152 Å². The lowest BCUT2D eigenvalue weighted by molar-refractivity contribution is 0.161. The molecule has 1 aliphatic rings. The van der Waals surface area contributed by atoms with Crippen LogP contribution in [0.5, 0.6) is 0 Å². The second kappa shape index (κ2) is 11.0. The van der Waals surface area contributed by atoms with Crippen LogP contribution in [-0.4, -0.2) is 12.7 Å². The van der Waals surface area contributed by atoms with E-state index in [4.69, 9.17) is 4.74 Å². The van der Waals surface area contributed by atoms with E-state index in [9.17, 15) is 4.79 Å². The highest BCUT2D eigenvalue weighted by Gasteiger charge is 2.22. The molecule has 1 amide bonds. The quantitative estimate of drug-likeness (QED) is 0.402. The standard InChI is InChI=1S/C22H33NO2/c1-3-5-6-7-8-18-9-11-19(12-10-18)20-13-15-21(16-14-20)23-22(24)25-17-4-2/h3,13-16,18-19H,1,4-12,17H2,2H3,(H,23,24). The predicted octanol–water partition coefficient (Wildman–Crippen LogP) is 6.67. The molecule has 0 saturated heterocycles. The molecule has 0 aromatic heterocycles. The molecule has 0 unspecified atom stereocenters. The number of hydrogen-bond donors (Lipinski definition) is 1. The minimum atomic E-state index is -0.369. The Morgan fingerprint density at radius 3 is 2.56 bits per heavy atom. The van der Waals surface area contributed by atoms with Gasteiger partial charge >= 0.3 is 6.09 Å². The van der Waals surface area contributed by atoms with Crippen molar-refractivity contribution in [2.24, 2.45) is 5.92 Å². The molecule has 0 atom stereocenters. The summed E-state index contributed by atoms with van der Waals surface area (Å²) < 4.78 is 5.05. The van der Waals surface area contributed by atoms with Crippen LogP contribution < -0.4 is 5.32 Å². The highest BCUT2D eigenvalue weighted by atomic mass is 16.5. The molecule has 1 N–H and O–H groups in total. The van der Waals surface area contributed by atoms with Gasteiger partial charge in [-0.05, 0) is 74.5 Å². The van der Waals surface area contributed by atoms with E-state index in [-0.39, 0.29) is 6.09 Å². The van der Waals surface area contributed by atoms with E-state index in [0.29, 0.717) is 12.5 Å². The Hall–Kier alpha value is -1.77. The Kier molecular flexibility index (Phi) is 8.58. The summed E-state index contributed by atoms with van der Waals surface area (Å²) in [7, 11) is 0. The Morgan fingerprint density at radius 2 is 1.92 bits per heavy atom. The average molecular weight is 344 g/mol. The molecule has 1 fully saturated rings. The Morgan fingerprint density at radius 1 is 1.20 bits per heavy atom. The van der Waals surface area contributed by atoms with Gasteiger partial charge in [-0.3, -0.25) is 5.32 Å². The van der Waals surface area contributed by atoms with E-state index in [2.05, 4.69) is 24.0 Å². The number of nitrogens with one attached hydrogen (secondary N) is 1. The lowest BCUT2D eigenvalue weighted by Gasteiger charge is -2.29. The predicted molar refractivity (Wildman–Crippen MR) is 105 cm³/mol. The van der Waals surface area contributed by atoms with Gasteiger partial charge in [-0.15, -0.1) is 6.58 Å². The molecular weight excluding hydrogens is 310 g/mol. The second-order valence-electron chi connectivity index (χ2n) is 7.17. The molecule has 138 valence electrons. The van der Waals surface area contributed by atoms with Crippen LogP contribution in [0, 0.1) is 5.92 Å². The van der Waals surface area contributed by atoms with Gasteiger partial charge in [0.1, 0.15) is 0 Å². The smallest absolute Gasteiger partial charge is 0.411 e. The van der Waals surface area contributed by atoms with Crippen molar-refractivity contribution in [1.29, 1.82) is 0 Å². The molecule has 0 bridgehead atoms. The number of unbranched alkanes of at least 4 members (excludes halogenated alkanes) is 2. The summed E-state index contributed by atoms with van der Waals surface area (Å²) in [5.74, 6) is 1.58. The average Bonchev–Trinajstić information content (AvgIpc) is 2.65. The third kappa shape index (κ3) is 6.93. The van der Waals surface area contributed by atoms with E-state index in [1.54, 1.807) is 0 Å². The second-order valence-corrected chi connectivity index (χ2v) is 7.17. The topological polar surface area (TPSA) is 38.3 Å². The van der Waals surface area contributed by atoms with Crippen LogP contribution in [0.3, 0.4) is 0 Å². The molecule has 0 spiro atoms. The van der Waals surface area contributed by atoms with Gasteiger partial charge in [-0.2, -0.15) is 0 Å². The number of ether oxygens (including phenoxy) is 1. The number of benzene rings is 1. The Balaban J connectivity index is 1.74. The molecule has 1 aliphatic carbocycles. The van der Waals surface area contributed by atoms with Gasteiger partial charge in [0.15, 0.2) is 0 Å². The minimum Gasteiger partial charge on any atom is -0.449 e. The van der Waals surface area contributed by atoms with Crippen LogP contribution in [0.4, 0.5) is 10.5 Å². The van der Waals surface area contributed by atoms with Crippen LogP contribution in [-0.2, 0) is 4.74 Å². The largest absolute Gasteiger partial charge is 0.449 e. The van der Waals surface area contributed by atoms with E-state index in [1.807, 2.05) is 25.1 Å². The summed E-state index contributed by atoms with van der Waals surface area (Å²) >= 11 is 0. The molecular formula is C22H33NO2. The third-order valence-corrected chi connectivity index (χ3v) is 5.18. The third-order valence-electron chi connectivity index (χ3n) is 5.18. The van der Waals surface area contributed by atoms with Gasteiger partial charge in [0.2, 0.25) is 0 Å². The zero-order valence-electron chi connectivity index (χ0n) is 15.6. The van der Waals surface area contributed by atoms with Crippen LogP contribution in [0.25, 0.3) is 0 Å². The maximum absolute atomic E-state index is 11.6. The number of amides is 1. The van der Waals surface area contributed by atoms with Gasteiger partial charge in [0.05, 0.1) is 6.61 Å². The summed E-state index contributed by atoms with van der Waals surface area (Å²) in [6.07, 6.45) is 12.9. The SMILES string of the molecule is C=CCCCCC1CCC(c2ccc(NC(=O)OCCC)cc2)CC1. The minimum absolute atomic E-state index is 0.369. The molecule has 1 aromatic carbocycles. The lowest BCUT2D eigenvalue weighted by atomic mass is 9.77. The van der Waals surface area contributed by atoms with E-state index in [1.165, 1.54) is 50.5 Å². The molecule has 1 saturated carbocycles. The van der Waals surface area contributed by atoms with Crippen LogP contribution in [0.15, 0.2) is 36.9 Å². The highest BCUT2D eigenvalue weighted by molar-refractivity contribution is 5.84. The fourth-order valence-electron chi connectivity index (χ4n) is 3.69. The summed E-state index contributed by atoms with van der Waals surface area (Å²) in [5, 5.41) is 2.78. The fraction of sp³-hybridized carbons (Fsp3) is 0.591. The van der Waals surface area contributed by atoms with Crippen LogP contribution >= 0.6 is 0 Å². The van der Waals surface area contributed by atoms with Gasteiger partial charge in [-0.25, -0.2) is 4.79 Å². The van der Waals surface area contributed by atoms with Crippen molar-refractivity contribution in [2.75, 3.05) is 11.9 Å². The maximum atomic E-state index is 11.6. The first kappa shape index (κ1) is 19.6. The molecule has 2 rings (SSSR count). The normalized spacial score (nSPS) is 20.0. The molecule has 1 aromatic rings. The number of carbonyl (C=O) groups excluding carboxylic acids is 1. The summed E-state index contributed by atoms with van der Waals surface area (Å²) in [5.41, 5.74) is 2.21.